The lowest BCUT2D eigenvalue weighted by Gasteiger charge is -2.19. The minimum Gasteiger partial charge on any atom is -0.0949 e. The van der Waals surface area contributed by atoms with Crippen molar-refractivity contribution in [2.75, 3.05) is 0 Å². The molecule has 0 heteroatoms. The first kappa shape index (κ1) is 29.9. The molecule has 1 aliphatic rings. The Bertz CT molecular complexity index is 863. The Morgan fingerprint density at radius 1 is 0.867 bits per heavy atom. The zero-order valence-electron chi connectivity index (χ0n) is 21.4. The van der Waals surface area contributed by atoms with Gasteiger partial charge in [-0.05, 0) is 58.0 Å². The molecule has 1 aliphatic carbocycles. The van der Waals surface area contributed by atoms with E-state index < -0.39 is 0 Å². The highest BCUT2D eigenvalue weighted by atomic mass is 14.2. The van der Waals surface area contributed by atoms with Gasteiger partial charge >= 0.3 is 0 Å². The summed E-state index contributed by atoms with van der Waals surface area (Å²) in [5, 5.41) is 2.64. The van der Waals surface area contributed by atoms with Crippen molar-refractivity contribution < 1.29 is 0 Å². The van der Waals surface area contributed by atoms with E-state index in [0.717, 1.165) is 12.8 Å². The van der Waals surface area contributed by atoms with Gasteiger partial charge < -0.3 is 0 Å². The zero-order valence-corrected chi connectivity index (χ0v) is 21.4. The summed E-state index contributed by atoms with van der Waals surface area (Å²) in [7, 11) is 0. The fourth-order valence-corrected chi connectivity index (χ4v) is 3.33. The predicted molar refractivity (Wildman–Crippen MR) is 143 cm³/mol. The number of hydrogen-bond acceptors (Lipinski definition) is 0. The Kier molecular flexibility index (Phi) is 18.6. The minimum absolute atomic E-state index is 0.947. The molecule has 166 valence electrons. The molecule has 0 saturated carbocycles. The molecule has 0 radical (unpaired) electrons. The maximum Gasteiger partial charge on any atom is -0.00792 e. The van der Waals surface area contributed by atoms with E-state index in [1.165, 1.54) is 38.3 Å². The highest BCUT2D eigenvalue weighted by Crippen LogP contribution is 2.33. The quantitative estimate of drug-likeness (QED) is 0.468. The Balaban J connectivity index is 0. The molecule has 0 fully saturated rings. The summed E-state index contributed by atoms with van der Waals surface area (Å²) in [6.07, 6.45) is 8.57. The topological polar surface area (TPSA) is 0 Å². The van der Waals surface area contributed by atoms with Gasteiger partial charge in [0.2, 0.25) is 0 Å². The molecule has 2 aromatic rings. The molecule has 0 bridgehead atoms. The van der Waals surface area contributed by atoms with Gasteiger partial charge in [-0.1, -0.05) is 130 Å². The molecular weight excluding hydrogens is 360 g/mol. The van der Waals surface area contributed by atoms with E-state index in [0.29, 0.717) is 0 Å². The van der Waals surface area contributed by atoms with E-state index in [2.05, 4.69) is 81.1 Å². The van der Waals surface area contributed by atoms with Gasteiger partial charge in [-0.25, -0.2) is 0 Å². The standard InChI is InChI=1S/C22H22.4C2H6/c1-4-17-11-6-7-14-20(17)19(5-2)21-15-9-13-18-12-8-10-16(3)22(18)21;4*1-2/h4,6-9,11-15H,3,5,10H2,1-2H3;4*1-2H3/b17-4-,20-19-;;;;. The minimum atomic E-state index is 0.947. The van der Waals surface area contributed by atoms with Crippen LogP contribution in [-0.4, -0.2) is 0 Å². The molecule has 0 nitrogen and oxygen atoms in total. The molecule has 0 amide bonds. The third kappa shape index (κ3) is 7.82. The van der Waals surface area contributed by atoms with Crippen LogP contribution >= 0.6 is 0 Å². The third-order valence-electron chi connectivity index (χ3n) is 4.39. The number of fused-ring (bicyclic) bond motifs is 1. The zero-order chi connectivity index (χ0) is 23.5. The molecular formula is C30H46. The van der Waals surface area contributed by atoms with Crippen molar-refractivity contribution in [1.29, 1.82) is 0 Å². The van der Waals surface area contributed by atoms with Crippen LogP contribution in [0.25, 0.3) is 23.3 Å². The van der Waals surface area contributed by atoms with Crippen LogP contribution in [-0.2, 0) is 0 Å². The fourth-order valence-electron chi connectivity index (χ4n) is 3.33. The average molecular weight is 407 g/mol. The summed E-state index contributed by atoms with van der Waals surface area (Å²) in [6.45, 7) is 24.6. The predicted octanol–water partition coefficient (Wildman–Crippen LogP) is 8.63. The first-order chi connectivity index (χ1) is 14.8. The van der Waals surface area contributed by atoms with Crippen LogP contribution in [0.15, 0.2) is 55.1 Å². The van der Waals surface area contributed by atoms with Crippen LogP contribution in [0.1, 0.15) is 98.8 Å². The van der Waals surface area contributed by atoms with E-state index in [1.807, 2.05) is 55.4 Å². The van der Waals surface area contributed by atoms with E-state index in [-0.39, 0.29) is 0 Å². The maximum atomic E-state index is 4.30. The van der Waals surface area contributed by atoms with E-state index in [4.69, 9.17) is 0 Å². The Morgan fingerprint density at radius 3 is 2.03 bits per heavy atom. The lowest BCUT2D eigenvalue weighted by molar-refractivity contribution is 1.20. The van der Waals surface area contributed by atoms with Gasteiger partial charge in [0, 0.05) is 0 Å². The summed E-state index contributed by atoms with van der Waals surface area (Å²) in [6, 6.07) is 15.2. The van der Waals surface area contributed by atoms with Crippen molar-refractivity contribution in [3.63, 3.8) is 0 Å². The number of hydrogen-bond donors (Lipinski definition) is 0. The molecule has 0 aromatic heterocycles. The molecule has 0 N–H and O–H groups in total. The molecule has 0 heterocycles. The monoisotopic (exact) mass is 406 g/mol. The van der Waals surface area contributed by atoms with Crippen LogP contribution in [0, 0.1) is 0 Å². The highest BCUT2D eigenvalue weighted by molar-refractivity contribution is 5.86. The van der Waals surface area contributed by atoms with Crippen LogP contribution in [0.5, 0.6) is 0 Å². The molecule has 3 rings (SSSR count). The van der Waals surface area contributed by atoms with E-state index in [9.17, 15) is 0 Å². The van der Waals surface area contributed by atoms with E-state index in [1.54, 1.807) is 0 Å². The van der Waals surface area contributed by atoms with E-state index >= 15 is 0 Å². The van der Waals surface area contributed by atoms with Crippen LogP contribution in [0.4, 0.5) is 0 Å². The third-order valence-corrected chi connectivity index (χ3v) is 4.39. The molecule has 0 aliphatic heterocycles. The van der Waals surface area contributed by atoms with Gasteiger partial charge in [0.1, 0.15) is 0 Å². The smallest absolute Gasteiger partial charge is 0.00792 e. The van der Waals surface area contributed by atoms with Gasteiger partial charge in [-0.3, -0.25) is 0 Å². The van der Waals surface area contributed by atoms with Gasteiger partial charge in [0.05, 0.1) is 0 Å². The number of benzene rings is 2. The van der Waals surface area contributed by atoms with Crippen LogP contribution in [0.3, 0.4) is 0 Å². The van der Waals surface area contributed by atoms with Crippen LogP contribution < -0.4 is 10.4 Å². The van der Waals surface area contributed by atoms with Crippen molar-refractivity contribution in [3.05, 3.63) is 82.2 Å². The summed E-state index contributed by atoms with van der Waals surface area (Å²) in [4.78, 5) is 0. The summed E-state index contributed by atoms with van der Waals surface area (Å²) in [5.41, 5.74) is 6.58. The number of allylic oxidation sites excluding steroid dienone is 2. The molecule has 0 atom stereocenters. The first-order valence-electron chi connectivity index (χ1n) is 12.0. The maximum absolute atomic E-state index is 4.30. The lowest BCUT2D eigenvalue weighted by atomic mass is 9.85. The summed E-state index contributed by atoms with van der Waals surface area (Å²) in [5.74, 6) is 0. The second kappa shape index (κ2) is 18.7. The largest absolute Gasteiger partial charge is 0.0949 e. The Labute approximate surface area is 187 Å². The molecule has 0 unspecified atom stereocenters. The SMILES string of the molecule is C=C1CC=Cc2cccc(/C(CC)=c3/cccc/c3=C/C)c21.CC.CC.CC.CC. The lowest BCUT2D eigenvalue weighted by Crippen LogP contribution is -2.26. The molecule has 0 spiro atoms. The average Bonchev–Trinajstić information content (AvgIpc) is 2.85. The molecule has 2 aromatic carbocycles. The van der Waals surface area contributed by atoms with Crippen molar-refractivity contribution >= 4 is 23.3 Å². The molecule has 30 heavy (non-hydrogen) atoms. The van der Waals surface area contributed by atoms with Gasteiger partial charge in [0.25, 0.3) is 0 Å². The van der Waals surface area contributed by atoms with Gasteiger partial charge in [-0.2, -0.15) is 0 Å². The first-order valence-corrected chi connectivity index (χ1v) is 12.0. The van der Waals surface area contributed by atoms with Crippen molar-refractivity contribution in [1.82, 2.24) is 0 Å². The second-order valence-electron chi connectivity index (χ2n) is 5.69. The Morgan fingerprint density at radius 2 is 1.47 bits per heavy atom. The summed E-state index contributed by atoms with van der Waals surface area (Å²) < 4.78 is 0. The van der Waals surface area contributed by atoms with Gasteiger partial charge in [0.15, 0.2) is 0 Å². The van der Waals surface area contributed by atoms with Gasteiger partial charge in [-0.15, -0.1) is 0 Å². The summed E-state index contributed by atoms with van der Waals surface area (Å²) >= 11 is 0. The van der Waals surface area contributed by atoms with Crippen molar-refractivity contribution in [2.45, 2.75) is 82.1 Å². The van der Waals surface area contributed by atoms with Crippen molar-refractivity contribution in [2.24, 2.45) is 0 Å². The second-order valence-corrected chi connectivity index (χ2v) is 5.69. The fraction of sp³-hybridized carbons (Fsp3) is 0.400. The van der Waals surface area contributed by atoms with Crippen LogP contribution in [0.2, 0.25) is 0 Å². The highest BCUT2D eigenvalue weighted by Gasteiger charge is 2.15. The normalized spacial score (nSPS) is 12.3. The number of rotatable bonds is 2. The molecule has 0 saturated heterocycles. The van der Waals surface area contributed by atoms with Crippen molar-refractivity contribution in [3.8, 4) is 0 Å². The Hall–Kier alpha value is -2.34.